The van der Waals surface area contributed by atoms with Gasteiger partial charge in [0.05, 0.1) is 5.92 Å². The molecule has 0 spiro atoms. The number of piperidine rings is 1. The first-order valence-corrected chi connectivity index (χ1v) is 6.28. The molecule has 2 unspecified atom stereocenters. The number of carbonyl (C=O) groups is 1. The molecule has 1 saturated heterocycles. The Morgan fingerprint density at radius 2 is 2.06 bits per heavy atom. The van der Waals surface area contributed by atoms with E-state index in [1.54, 1.807) is 24.3 Å². The second kappa shape index (κ2) is 5.52. The van der Waals surface area contributed by atoms with Crippen molar-refractivity contribution in [3.63, 3.8) is 0 Å². The van der Waals surface area contributed by atoms with E-state index in [0.29, 0.717) is 5.02 Å². The predicted octanol–water partition coefficient (Wildman–Crippen LogP) is 2.65. The van der Waals surface area contributed by atoms with Crippen molar-refractivity contribution in [3.8, 4) is 0 Å². The molecule has 4 heteroatoms. The number of carboxylic acids is 1. The fraction of sp³-hybridized carbons (Fsp3) is 0.462. The Labute approximate surface area is 106 Å². The molecule has 1 aliphatic rings. The summed E-state index contributed by atoms with van der Waals surface area (Å²) < 4.78 is 0. The zero-order chi connectivity index (χ0) is 12.3. The molecule has 0 bridgehead atoms. The fourth-order valence-electron chi connectivity index (χ4n) is 2.38. The molecule has 1 aromatic carbocycles. The first-order chi connectivity index (χ1) is 8.18. The summed E-state index contributed by atoms with van der Waals surface area (Å²) in [5, 5.41) is 13.3. The van der Waals surface area contributed by atoms with Crippen LogP contribution in [0.4, 0.5) is 0 Å². The third-order valence-electron chi connectivity index (χ3n) is 3.25. The minimum Gasteiger partial charge on any atom is -0.481 e. The van der Waals surface area contributed by atoms with Crippen LogP contribution in [-0.2, 0) is 4.79 Å². The van der Waals surface area contributed by atoms with E-state index in [9.17, 15) is 9.90 Å². The Morgan fingerprint density at radius 1 is 1.35 bits per heavy atom. The average Bonchev–Trinajstić information content (AvgIpc) is 2.33. The molecule has 3 nitrogen and oxygen atoms in total. The molecule has 0 radical (unpaired) electrons. The molecule has 1 heterocycles. The Balaban J connectivity index is 2.21. The molecule has 1 aromatic rings. The first kappa shape index (κ1) is 12.4. The summed E-state index contributed by atoms with van der Waals surface area (Å²) in [5.41, 5.74) is 0.821. The SMILES string of the molecule is O=C(O)C(c1ccc(Cl)cc1)C1CCCCN1. The largest absolute Gasteiger partial charge is 0.481 e. The van der Waals surface area contributed by atoms with Crippen LogP contribution in [0.1, 0.15) is 30.7 Å². The van der Waals surface area contributed by atoms with Crippen LogP contribution < -0.4 is 5.32 Å². The van der Waals surface area contributed by atoms with Crippen LogP contribution >= 0.6 is 11.6 Å². The molecule has 0 aliphatic carbocycles. The van der Waals surface area contributed by atoms with Crippen molar-refractivity contribution in [2.75, 3.05) is 6.54 Å². The number of benzene rings is 1. The lowest BCUT2D eigenvalue weighted by Gasteiger charge is -2.29. The van der Waals surface area contributed by atoms with Crippen LogP contribution in [-0.4, -0.2) is 23.7 Å². The van der Waals surface area contributed by atoms with Gasteiger partial charge in [-0.15, -0.1) is 0 Å². The van der Waals surface area contributed by atoms with Gasteiger partial charge in [0.25, 0.3) is 0 Å². The van der Waals surface area contributed by atoms with E-state index in [1.165, 1.54) is 0 Å². The Hall–Kier alpha value is -1.06. The summed E-state index contributed by atoms with van der Waals surface area (Å²) in [6.45, 7) is 0.905. The Kier molecular flexibility index (Phi) is 4.02. The zero-order valence-electron chi connectivity index (χ0n) is 9.53. The number of carboxylic acid groups (broad SMARTS) is 1. The van der Waals surface area contributed by atoms with Crippen LogP contribution in [0.25, 0.3) is 0 Å². The summed E-state index contributed by atoms with van der Waals surface area (Å²) in [6, 6.07) is 7.13. The zero-order valence-corrected chi connectivity index (χ0v) is 10.3. The van der Waals surface area contributed by atoms with E-state index in [-0.39, 0.29) is 6.04 Å². The minimum absolute atomic E-state index is 0.0300. The summed E-state index contributed by atoms with van der Waals surface area (Å²) in [6.07, 6.45) is 3.14. The van der Waals surface area contributed by atoms with Crippen molar-refractivity contribution in [1.29, 1.82) is 0 Å². The van der Waals surface area contributed by atoms with Crippen molar-refractivity contribution in [1.82, 2.24) is 5.32 Å². The molecule has 0 amide bonds. The van der Waals surface area contributed by atoms with Gasteiger partial charge < -0.3 is 10.4 Å². The average molecular weight is 254 g/mol. The minimum atomic E-state index is -0.772. The predicted molar refractivity (Wildman–Crippen MR) is 67.5 cm³/mol. The quantitative estimate of drug-likeness (QED) is 0.871. The lowest BCUT2D eigenvalue weighted by atomic mass is 9.86. The summed E-state index contributed by atoms with van der Waals surface area (Å²) >= 11 is 5.82. The second-order valence-corrected chi connectivity index (χ2v) is 4.86. The normalized spacial score (nSPS) is 22.1. The first-order valence-electron chi connectivity index (χ1n) is 5.90. The van der Waals surface area contributed by atoms with Crippen molar-refractivity contribution in [2.24, 2.45) is 0 Å². The highest BCUT2D eigenvalue weighted by Gasteiger charge is 2.30. The molecular weight excluding hydrogens is 238 g/mol. The molecule has 0 aromatic heterocycles. The maximum Gasteiger partial charge on any atom is 0.312 e. The summed E-state index contributed by atoms with van der Waals surface area (Å²) in [4.78, 5) is 11.4. The number of aliphatic carboxylic acids is 1. The van der Waals surface area contributed by atoms with E-state index in [0.717, 1.165) is 31.4 Å². The van der Waals surface area contributed by atoms with Crippen LogP contribution in [0.3, 0.4) is 0 Å². The Morgan fingerprint density at radius 3 is 2.59 bits per heavy atom. The molecule has 1 aliphatic heterocycles. The van der Waals surface area contributed by atoms with E-state index in [4.69, 9.17) is 11.6 Å². The van der Waals surface area contributed by atoms with Gasteiger partial charge in [-0.05, 0) is 37.1 Å². The van der Waals surface area contributed by atoms with Gasteiger partial charge in [0.2, 0.25) is 0 Å². The van der Waals surface area contributed by atoms with Gasteiger partial charge in [-0.1, -0.05) is 30.2 Å². The van der Waals surface area contributed by atoms with Crippen molar-refractivity contribution in [3.05, 3.63) is 34.9 Å². The van der Waals surface area contributed by atoms with E-state index in [1.807, 2.05) is 0 Å². The van der Waals surface area contributed by atoms with E-state index >= 15 is 0 Å². The lowest BCUT2D eigenvalue weighted by Crippen LogP contribution is -2.41. The molecule has 2 N–H and O–H groups in total. The van der Waals surface area contributed by atoms with Gasteiger partial charge in [-0.3, -0.25) is 4.79 Å². The van der Waals surface area contributed by atoms with Gasteiger partial charge >= 0.3 is 5.97 Å². The topological polar surface area (TPSA) is 49.3 Å². The molecule has 92 valence electrons. The van der Waals surface area contributed by atoms with E-state index < -0.39 is 11.9 Å². The Bertz CT molecular complexity index is 385. The molecule has 1 fully saturated rings. The highest BCUT2D eigenvalue weighted by atomic mass is 35.5. The van der Waals surface area contributed by atoms with Crippen LogP contribution in [0.15, 0.2) is 24.3 Å². The number of hydrogen-bond acceptors (Lipinski definition) is 2. The third-order valence-corrected chi connectivity index (χ3v) is 3.50. The molecule has 2 atom stereocenters. The van der Waals surface area contributed by atoms with Crippen molar-refractivity contribution >= 4 is 17.6 Å². The molecule has 17 heavy (non-hydrogen) atoms. The van der Waals surface area contributed by atoms with E-state index in [2.05, 4.69) is 5.32 Å². The lowest BCUT2D eigenvalue weighted by molar-refractivity contribution is -0.139. The fourth-order valence-corrected chi connectivity index (χ4v) is 2.51. The van der Waals surface area contributed by atoms with Crippen LogP contribution in [0.2, 0.25) is 5.02 Å². The number of halogens is 1. The summed E-state index contributed by atoms with van der Waals surface area (Å²) in [5.74, 6) is -1.25. The van der Waals surface area contributed by atoms with Crippen LogP contribution in [0.5, 0.6) is 0 Å². The molecule has 0 saturated carbocycles. The van der Waals surface area contributed by atoms with Gasteiger partial charge in [0.1, 0.15) is 0 Å². The van der Waals surface area contributed by atoms with Crippen molar-refractivity contribution in [2.45, 2.75) is 31.2 Å². The number of hydrogen-bond donors (Lipinski definition) is 2. The summed E-state index contributed by atoms with van der Waals surface area (Å²) in [7, 11) is 0. The second-order valence-electron chi connectivity index (χ2n) is 4.42. The maximum atomic E-state index is 11.4. The molecular formula is C13H16ClNO2. The standard InChI is InChI=1S/C13H16ClNO2/c14-10-6-4-9(5-7-10)12(13(16)17)11-3-1-2-8-15-11/h4-7,11-12,15H,1-3,8H2,(H,16,17). The van der Waals surface area contributed by atoms with Gasteiger partial charge in [0.15, 0.2) is 0 Å². The van der Waals surface area contributed by atoms with Gasteiger partial charge in [-0.2, -0.15) is 0 Å². The highest BCUT2D eigenvalue weighted by molar-refractivity contribution is 6.30. The maximum absolute atomic E-state index is 11.4. The third kappa shape index (κ3) is 2.99. The van der Waals surface area contributed by atoms with Crippen molar-refractivity contribution < 1.29 is 9.90 Å². The van der Waals surface area contributed by atoms with Crippen LogP contribution in [0, 0.1) is 0 Å². The van der Waals surface area contributed by atoms with Gasteiger partial charge in [-0.25, -0.2) is 0 Å². The number of rotatable bonds is 3. The monoisotopic (exact) mass is 253 g/mol. The van der Waals surface area contributed by atoms with Gasteiger partial charge in [0, 0.05) is 11.1 Å². The molecule has 2 rings (SSSR count). The smallest absolute Gasteiger partial charge is 0.312 e. The highest BCUT2D eigenvalue weighted by Crippen LogP contribution is 2.26. The number of nitrogens with one attached hydrogen (secondary N) is 1.